The van der Waals surface area contributed by atoms with Crippen molar-refractivity contribution >= 4 is 34.1 Å². The zero-order valence-electron chi connectivity index (χ0n) is 16.3. The summed E-state index contributed by atoms with van der Waals surface area (Å²) in [6, 6.07) is 0. The molecule has 2 atom stereocenters. The molecule has 0 bridgehead atoms. The highest BCUT2D eigenvalue weighted by Crippen LogP contribution is 2.38. The molecule has 27 heavy (non-hydrogen) atoms. The van der Waals surface area contributed by atoms with Crippen LogP contribution in [0.2, 0.25) is 0 Å². The molecule has 6 nitrogen and oxygen atoms in total. The number of nitrogens with one attached hydrogen (secondary N) is 1. The van der Waals surface area contributed by atoms with Crippen LogP contribution in [0.25, 0.3) is 0 Å². The van der Waals surface area contributed by atoms with Gasteiger partial charge in [0.2, 0.25) is 5.91 Å². The third kappa shape index (κ3) is 4.69. The van der Waals surface area contributed by atoms with Crippen LogP contribution in [0.15, 0.2) is 0 Å². The summed E-state index contributed by atoms with van der Waals surface area (Å²) in [4.78, 5) is 39.7. The fourth-order valence-electron chi connectivity index (χ4n) is 4.19. The number of piperidine rings is 1. The zero-order chi connectivity index (χ0) is 19.6. The molecule has 1 saturated heterocycles. The number of esters is 1. The number of hydrogen-bond acceptors (Lipinski definition) is 5. The molecule has 1 aromatic heterocycles. The number of rotatable bonds is 4. The second-order valence-corrected chi connectivity index (χ2v) is 9.02. The van der Waals surface area contributed by atoms with Crippen molar-refractivity contribution in [2.24, 2.45) is 11.8 Å². The van der Waals surface area contributed by atoms with Gasteiger partial charge in [-0.3, -0.25) is 9.59 Å². The number of carbonyl (C=O) groups excluding carboxylic acids is 3. The lowest BCUT2D eigenvalue weighted by Crippen LogP contribution is -2.44. The molecule has 0 radical (unpaired) electrons. The summed E-state index contributed by atoms with van der Waals surface area (Å²) >= 11 is 1.45. The van der Waals surface area contributed by atoms with Crippen molar-refractivity contribution < 1.29 is 19.1 Å². The maximum atomic E-state index is 12.8. The SMILES string of the molecule is CC(=O)Nc1sc2c(c1C(=O)OCC(=O)N1C[C@H](C)C[C@@H](C)C1)CCCC2. The number of anilines is 1. The first-order valence-corrected chi connectivity index (χ1v) is 10.5. The molecule has 2 aliphatic rings. The summed E-state index contributed by atoms with van der Waals surface area (Å²) in [5.74, 6) is 0.0545. The average molecular weight is 393 g/mol. The highest BCUT2D eigenvalue weighted by Gasteiger charge is 2.29. The molecule has 7 heteroatoms. The highest BCUT2D eigenvalue weighted by molar-refractivity contribution is 7.17. The van der Waals surface area contributed by atoms with E-state index < -0.39 is 5.97 Å². The van der Waals surface area contributed by atoms with Crippen molar-refractivity contribution in [3.8, 4) is 0 Å². The summed E-state index contributed by atoms with van der Waals surface area (Å²) < 4.78 is 5.39. The van der Waals surface area contributed by atoms with Crippen LogP contribution in [-0.4, -0.2) is 42.4 Å². The number of aryl methyl sites for hydroxylation is 1. The Labute approximate surface area is 164 Å². The number of fused-ring (bicyclic) bond motifs is 1. The lowest BCUT2D eigenvalue weighted by Gasteiger charge is -2.34. The van der Waals surface area contributed by atoms with Crippen LogP contribution in [-0.2, 0) is 27.2 Å². The summed E-state index contributed by atoms with van der Waals surface area (Å²) in [6.07, 6.45) is 4.95. The Morgan fingerprint density at radius 1 is 1.15 bits per heavy atom. The minimum Gasteiger partial charge on any atom is -0.452 e. The van der Waals surface area contributed by atoms with Gasteiger partial charge in [0, 0.05) is 24.9 Å². The van der Waals surface area contributed by atoms with Gasteiger partial charge in [-0.05, 0) is 49.5 Å². The van der Waals surface area contributed by atoms with E-state index in [0.717, 1.165) is 42.5 Å². The number of amides is 2. The third-order valence-corrected chi connectivity index (χ3v) is 6.42. The molecule has 1 aromatic rings. The van der Waals surface area contributed by atoms with Crippen molar-refractivity contribution in [1.29, 1.82) is 0 Å². The predicted molar refractivity (Wildman–Crippen MR) is 105 cm³/mol. The maximum absolute atomic E-state index is 12.8. The van der Waals surface area contributed by atoms with Crippen LogP contribution in [0, 0.1) is 11.8 Å². The molecule has 148 valence electrons. The van der Waals surface area contributed by atoms with Gasteiger partial charge in [-0.25, -0.2) is 4.79 Å². The average Bonchev–Trinajstić information content (AvgIpc) is 2.95. The number of likely N-dealkylation sites (tertiary alicyclic amines) is 1. The van der Waals surface area contributed by atoms with E-state index in [2.05, 4.69) is 19.2 Å². The normalized spacial score (nSPS) is 22.1. The Morgan fingerprint density at radius 2 is 1.81 bits per heavy atom. The Hall–Kier alpha value is -1.89. The summed E-state index contributed by atoms with van der Waals surface area (Å²) in [6.45, 7) is 6.88. The monoisotopic (exact) mass is 392 g/mol. The number of thiophene rings is 1. The van der Waals surface area contributed by atoms with Crippen LogP contribution in [0.1, 0.15) is 60.8 Å². The molecule has 1 fully saturated rings. The Balaban J connectivity index is 1.69. The van der Waals surface area contributed by atoms with E-state index in [4.69, 9.17) is 4.74 Å². The number of carbonyl (C=O) groups is 3. The highest BCUT2D eigenvalue weighted by atomic mass is 32.1. The van der Waals surface area contributed by atoms with Gasteiger partial charge >= 0.3 is 5.97 Å². The molecule has 0 saturated carbocycles. The van der Waals surface area contributed by atoms with E-state index in [1.165, 1.54) is 18.3 Å². The Bertz CT molecular complexity index is 733. The summed E-state index contributed by atoms with van der Waals surface area (Å²) in [7, 11) is 0. The van der Waals surface area contributed by atoms with Crippen LogP contribution in [0.3, 0.4) is 0 Å². The lowest BCUT2D eigenvalue weighted by atomic mass is 9.92. The molecule has 1 N–H and O–H groups in total. The van der Waals surface area contributed by atoms with Crippen molar-refractivity contribution in [3.63, 3.8) is 0 Å². The topological polar surface area (TPSA) is 75.7 Å². The fourth-order valence-corrected chi connectivity index (χ4v) is 5.51. The van der Waals surface area contributed by atoms with Gasteiger partial charge in [-0.1, -0.05) is 13.8 Å². The van der Waals surface area contributed by atoms with Crippen LogP contribution < -0.4 is 5.32 Å². The summed E-state index contributed by atoms with van der Waals surface area (Å²) in [5, 5.41) is 3.31. The molecule has 2 heterocycles. The number of nitrogens with zero attached hydrogens (tertiary/aromatic N) is 1. The molecule has 1 aliphatic heterocycles. The second kappa shape index (κ2) is 8.42. The second-order valence-electron chi connectivity index (χ2n) is 7.92. The van der Waals surface area contributed by atoms with E-state index in [9.17, 15) is 14.4 Å². The van der Waals surface area contributed by atoms with E-state index in [1.54, 1.807) is 4.90 Å². The first kappa shape index (κ1) is 19.9. The molecular weight excluding hydrogens is 364 g/mol. The predicted octanol–water partition coefficient (Wildman–Crippen LogP) is 3.25. The quantitative estimate of drug-likeness (QED) is 0.798. The van der Waals surface area contributed by atoms with Crippen LogP contribution >= 0.6 is 11.3 Å². The largest absolute Gasteiger partial charge is 0.452 e. The van der Waals surface area contributed by atoms with Gasteiger partial charge in [0.25, 0.3) is 5.91 Å². The third-order valence-electron chi connectivity index (χ3n) is 5.21. The standard InChI is InChI=1S/C20H28N2O4S/c1-12-8-13(2)10-22(9-12)17(24)11-26-20(25)18-15-6-4-5-7-16(15)27-19(18)21-14(3)23/h12-13H,4-11H2,1-3H3,(H,21,23)/t12-,13-/m1/s1. The smallest absolute Gasteiger partial charge is 0.341 e. The molecule has 0 aromatic carbocycles. The Morgan fingerprint density at radius 3 is 2.48 bits per heavy atom. The number of ether oxygens (including phenoxy) is 1. The van der Waals surface area contributed by atoms with Gasteiger partial charge < -0.3 is 15.0 Å². The molecule has 3 rings (SSSR count). The minimum atomic E-state index is -0.510. The van der Waals surface area contributed by atoms with Crippen molar-refractivity contribution in [1.82, 2.24) is 4.90 Å². The molecule has 1 aliphatic carbocycles. The van der Waals surface area contributed by atoms with E-state index in [0.29, 0.717) is 35.5 Å². The summed E-state index contributed by atoms with van der Waals surface area (Å²) in [5.41, 5.74) is 1.42. The molecule has 0 spiro atoms. The van der Waals surface area contributed by atoms with Gasteiger partial charge in [-0.2, -0.15) is 0 Å². The van der Waals surface area contributed by atoms with Gasteiger partial charge in [0.15, 0.2) is 6.61 Å². The van der Waals surface area contributed by atoms with Crippen molar-refractivity contribution in [2.45, 2.75) is 52.9 Å². The van der Waals surface area contributed by atoms with Gasteiger partial charge in [0.05, 0.1) is 5.56 Å². The molecule has 0 unspecified atom stereocenters. The zero-order valence-corrected chi connectivity index (χ0v) is 17.1. The van der Waals surface area contributed by atoms with Crippen molar-refractivity contribution in [2.75, 3.05) is 25.0 Å². The van der Waals surface area contributed by atoms with Crippen LogP contribution in [0.4, 0.5) is 5.00 Å². The van der Waals surface area contributed by atoms with Crippen LogP contribution in [0.5, 0.6) is 0 Å². The minimum absolute atomic E-state index is 0.146. The first-order valence-electron chi connectivity index (χ1n) is 9.72. The van der Waals surface area contributed by atoms with E-state index in [1.807, 2.05) is 0 Å². The molecule has 2 amide bonds. The first-order chi connectivity index (χ1) is 12.8. The molecular formula is C20H28N2O4S. The van der Waals surface area contributed by atoms with Crippen molar-refractivity contribution in [3.05, 3.63) is 16.0 Å². The van der Waals surface area contributed by atoms with Gasteiger partial charge in [-0.15, -0.1) is 11.3 Å². The Kier molecular flexibility index (Phi) is 6.19. The fraction of sp³-hybridized carbons (Fsp3) is 0.650. The number of hydrogen-bond donors (Lipinski definition) is 1. The van der Waals surface area contributed by atoms with Gasteiger partial charge in [0.1, 0.15) is 5.00 Å². The maximum Gasteiger partial charge on any atom is 0.341 e. The van der Waals surface area contributed by atoms with E-state index in [-0.39, 0.29) is 18.4 Å². The van der Waals surface area contributed by atoms with E-state index >= 15 is 0 Å². The lowest BCUT2D eigenvalue weighted by molar-refractivity contribution is -0.137.